The van der Waals surface area contributed by atoms with Gasteiger partial charge in [-0.05, 0) is 40.8 Å². The first kappa shape index (κ1) is 17.6. The van der Waals surface area contributed by atoms with Crippen LogP contribution in [0.5, 0.6) is 0 Å². The Hall–Kier alpha value is -2.83. The smallest absolute Gasteiger partial charge is 0.333 e. The fourth-order valence-corrected chi connectivity index (χ4v) is 3.78. The summed E-state index contributed by atoms with van der Waals surface area (Å²) in [5, 5.41) is 2.75. The van der Waals surface area contributed by atoms with Crippen LogP contribution in [0.1, 0.15) is 17.5 Å². The molecular weight excluding hydrogens is 357 g/mol. The first-order valence-corrected chi connectivity index (χ1v) is 8.67. The number of hydrogen-bond donors (Lipinski definition) is 1. The molecule has 2 aromatic rings. The van der Waals surface area contributed by atoms with Crippen molar-refractivity contribution in [3.63, 3.8) is 0 Å². The maximum atomic E-state index is 12.5. The van der Waals surface area contributed by atoms with E-state index in [0.717, 1.165) is 17.5 Å². The Kier molecular flexibility index (Phi) is 4.17. The van der Waals surface area contributed by atoms with Crippen LogP contribution in [0.4, 0.5) is 18.9 Å². The van der Waals surface area contributed by atoms with Gasteiger partial charge in [0.25, 0.3) is 0 Å². The highest BCUT2D eigenvalue weighted by molar-refractivity contribution is 5.97. The fourth-order valence-electron chi connectivity index (χ4n) is 3.78. The molecule has 1 fully saturated rings. The minimum atomic E-state index is -4.46. The Labute approximate surface area is 154 Å². The molecule has 1 unspecified atom stereocenters. The third-order valence-electron chi connectivity index (χ3n) is 5.02. The number of nitrogens with one attached hydrogen (secondary N) is 1. The van der Waals surface area contributed by atoms with Gasteiger partial charge in [0.05, 0.1) is 5.92 Å². The standard InChI is InChI=1S/C20H17F3N2O2/c21-20(22,23)11-25-10-14(9-18(25)26)19(27)24-15-5-6-17-13(8-15)7-12-3-1-2-4-16(12)17/h1-6,8,14H,7,9-11H2,(H,24,27). The molecule has 7 heteroatoms. The number of nitrogens with zero attached hydrogens (tertiary/aromatic N) is 1. The van der Waals surface area contributed by atoms with Gasteiger partial charge in [-0.1, -0.05) is 30.3 Å². The summed E-state index contributed by atoms with van der Waals surface area (Å²) in [6.45, 7) is -1.52. The average Bonchev–Trinajstić information content (AvgIpc) is 3.13. The Morgan fingerprint density at radius 1 is 1.11 bits per heavy atom. The van der Waals surface area contributed by atoms with Crippen molar-refractivity contribution in [2.75, 3.05) is 18.4 Å². The lowest BCUT2D eigenvalue weighted by atomic mass is 10.0. The topological polar surface area (TPSA) is 49.4 Å². The lowest BCUT2D eigenvalue weighted by Gasteiger charge is -2.18. The van der Waals surface area contributed by atoms with Crippen LogP contribution in [-0.4, -0.2) is 36.0 Å². The molecule has 1 atom stereocenters. The second-order valence-electron chi connectivity index (χ2n) is 6.99. The number of rotatable bonds is 3. The molecule has 2 aromatic carbocycles. The first-order chi connectivity index (χ1) is 12.8. The van der Waals surface area contributed by atoms with Crippen molar-refractivity contribution in [2.24, 2.45) is 5.92 Å². The largest absolute Gasteiger partial charge is 0.406 e. The zero-order valence-corrected chi connectivity index (χ0v) is 14.3. The van der Waals surface area contributed by atoms with Gasteiger partial charge in [-0.25, -0.2) is 0 Å². The lowest BCUT2D eigenvalue weighted by Crippen LogP contribution is -2.36. The van der Waals surface area contributed by atoms with E-state index in [1.807, 2.05) is 24.3 Å². The number of alkyl halides is 3. The van der Waals surface area contributed by atoms with E-state index in [-0.39, 0.29) is 13.0 Å². The van der Waals surface area contributed by atoms with E-state index in [2.05, 4.69) is 17.4 Å². The van der Waals surface area contributed by atoms with E-state index in [9.17, 15) is 22.8 Å². The molecule has 140 valence electrons. The number of halogens is 3. The number of benzene rings is 2. The summed E-state index contributed by atoms with van der Waals surface area (Å²) < 4.78 is 37.5. The molecule has 0 saturated carbocycles. The number of anilines is 1. The Balaban J connectivity index is 1.44. The van der Waals surface area contributed by atoms with E-state index in [4.69, 9.17) is 0 Å². The highest BCUT2D eigenvalue weighted by Crippen LogP contribution is 2.37. The first-order valence-electron chi connectivity index (χ1n) is 8.67. The maximum Gasteiger partial charge on any atom is 0.406 e. The van der Waals surface area contributed by atoms with Crippen LogP contribution in [0, 0.1) is 5.92 Å². The second kappa shape index (κ2) is 6.40. The molecule has 0 bridgehead atoms. The zero-order valence-electron chi connectivity index (χ0n) is 14.3. The van der Waals surface area contributed by atoms with Gasteiger partial charge in [0, 0.05) is 18.7 Å². The minimum absolute atomic E-state index is 0.196. The highest BCUT2D eigenvalue weighted by Gasteiger charge is 2.40. The van der Waals surface area contributed by atoms with Crippen molar-refractivity contribution in [1.82, 2.24) is 4.90 Å². The van der Waals surface area contributed by atoms with E-state index >= 15 is 0 Å². The Morgan fingerprint density at radius 3 is 2.63 bits per heavy atom. The molecule has 1 heterocycles. The van der Waals surface area contributed by atoms with Crippen LogP contribution in [0.2, 0.25) is 0 Å². The minimum Gasteiger partial charge on any atom is -0.333 e. The molecule has 1 aliphatic carbocycles. The Morgan fingerprint density at radius 2 is 1.85 bits per heavy atom. The average molecular weight is 374 g/mol. The summed E-state index contributed by atoms with van der Waals surface area (Å²) in [5.74, 6) is -1.84. The van der Waals surface area contributed by atoms with Gasteiger partial charge < -0.3 is 10.2 Å². The molecular formula is C20H17F3N2O2. The summed E-state index contributed by atoms with van der Waals surface area (Å²) >= 11 is 0. The summed E-state index contributed by atoms with van der Waals surface area (Å²) in [6.07, 6.45) is -3.88. The van der Waals surface area contributed by atoms with Gasteiger partial charge in [0.15, 0.2) is 0 Å². The summed E-state index contributed by atoms with van der Waals surface area (Å²) in [4.78, 5) is 24.9. The number of carbonyl (C=O) groups is 2. The van der Waals surface area contributed by atoms with Crippen molar-refractivity contribution >= 4 is 17.5 Å². The maximum absolute atomic E-state index is 12.5. The van der Waals surface area contributed by atoms with Crippen molar-refractivity contribution in [3.05, 3.63) is 53.6 Å². The van der Waals surface area contributed by atoms with E-state index < -0.39 is 30.5 Å². The fraction of sp³-hybridized carbons (Fsp3) is 0.300. The van der Waals surface area contributed by atoms with Gasteiger partial charge >= 0.3 is 6.18 Å². The molecule has 2 aliphatic rings. The number of amides is 2. The molecule has 27 heavy (non-hydrogen) atoms. The molecule has 1 saturated heterocycles. The highest BCUT2D eigenvalue weighted by atomic mass is 19.4. The predicted octanol–water partition coefficient (Wildman–Crippen LogP) is 3.61. The van der Waals surface area contributed by atoms with Crippen molar-refractivity contribution in [3.8, 4) is 11.1 Å². The molecule has 0 spiro atoms. The predicted molar refractivity (Wildman–Crippen MR) is 94.1 cm³/mol. The van der Waals surface area contributed by atoms with E-state index in [0.29, 0.717) is 10.6 Å². The van der Waals surface area contributed by atoms with E-state index in [1.165, 1.54) is 11.1 Å². The zero-order chi connectivity index (χ0) is 19.2. The molecule has 4 rings (SSSR count). The number of likely N-dealkylation sites (tertiary alicyclic amines) is 1. The summed E-state index contributed by atoms with van der Waals surface area (Å²) in [5.41, 5.74) is 5.20. The molecule has 1 aliphatic heterocycles. The van der Waals surface area contributed by atoms with Crippen LogP contribution in [0.25, 0.3) is 11.1 Å². The van der Waals surface area contributed by atoms with Crippen LogP contribution < -0.4 is 5.32 Å². The molecule has 0 aromatic heterocycles. The van der Waals surface area contributed by atoms with Crippen LogP contribution >= 0.6 is 0 Å². The molecule has 0 radical (unpaired) electrons. The molecule has 2 amide bonds. The lowest BCUT2D eigenvalue weighted by molar-refractivity contribution is -0.157. The number of carbonyl (C=O) groups excluding carboxylic acids is 2. The molecule has 4 nitrogen and oxygen atoms in total. The van der Waals surface area contributed by atoms with Gasteiger partial charge in [-0.2, -0.15) is 13.2 Å². The van der Waals surface area contributed by atoms with Gasteiger partial charge in [0.1, 0.15) is 6.54 Å². The normalized spacial score (nSPS) is 18.4. The SMILES string of the molecule is O=C(Nc1ccc2c(c1)Cc1ccccc1-2)C1CC(=O)N(CC(F)(F)F)C1. The number of hydrogen-bond acceptors (Lipinski definition) is 2. The quantitative estimate of drug-likeness (QED) is 0.762. The summed E-state index contributed by atoms with van der Waals surface area (Å²) in [7, 11) is 0. The Bertz CT molecular complexity index is 924. The number of fused-ring (bicyclic) bond motifs is 3. The second-order valence-corrected chi connectivity index (χ2v) is 6.99. The van der Waals surface area contributed by atoms with Crippen LogP contribution in [-0.2, 0) is 16.0 Å². The van der Waals surface area contributed by atoms with Crippen molar-refractivity contribution in [2.45, 2.75) is 19.0 Å². The monoisotopic (exact) mass is 374 g/mol. The van der Waals surface area contributed by atoms with Gasteiger partial charge in [0.2, 0.25) is 11.8 Å². The van der Waals surface area contributed by atoms with Gasteiger partial charge in [-0.15, -0.1) is 0 Å². The van der Waals surface area contributed by atoms with Crippen LogP contribution in [0.3, 0.4) is 0 Å². The van der Waals surface area contributed by atoms with Crippen molar-refractivity contribution in [1.29, 1.82) is 0 Å². The van der Waals surface area contributed by atoms with Gasteiger partial charge in [-0.3, -0.25) is 9.59 Å². The van der Waals surface area contributed by atoms with Crippen LogP contribution in [0.15, 0.2) is 42.5 Å². The third kappa shape index (κ3) is 3.54. The van der Waals surface area contributed by atoms with E-state index in [1.54, 1.807) is 6.07 Å². The third-order valence-corrected chi connectivity index (χ3v) is 5.02. The summed E-state index contributed by atoms with van der Waals surface area (Å²) in [6, 6.07) is 13.7. The van der Waals surface area contributed by atoms with Crippen molar-refractivity contribution < 1.29 is 22.8 Å². The molecule has 1 N–H and O–H groups in total.